The second-order valence-corrected chi connectivity index (χ2v) is 4.14. The molecule has 0 heterocycles. The van der Waals surface area contributed by atoms with Crippen LogP contribution < -0.4 is 5.32 Å². The van der Waals surface area contributed by atoms with Crippen LogP contribution in [-0.4, -0.2) is 31.8 Å². The molecule has 1 N–H and O–H groups in total. The minimum absolute atomic E-state index is 0.0558. The van der Waals surface area contributed by atoms with Gasteiger partial charge in [0.15, 0.2) is 0 Å². The van der Waals surface area contributed by atoms with Crippen molar-refractivity contribution in [1.29, 1.82) is 0 Å². The zero-order valence-electron chi connectivity index (χ0n) is 11.4. The molecule has 0 aliphatic heterocycles. The van der Waals surface area contributed by atoms with Crippen LogP contribution in [0.3, 0.4) is 0 Å². The number of nitrogens with one attached hydrogen (secondary N) is 1. The molecular weight excluding hydrogens is 230 g/mol. The Hall–Kier alpha value is -1.55. The number of carbonyl (C=O) groups excluding carboxylic acids is 1. The highest BCUT2D eigenvalue weighted by Crippen LogP contribution is 2.18. The van der Waals surface area contributed by atoms with Crippen LogP contribution in [0.2, 0.25) is 0 Å². The van der Waals surface area contributed by atoms with E-state index in [1.54, 1.807) is 20.1 Å². The number of carbonyl (C=O) groups is 1. The highest BCUT2D eigenvalue weighted by atomic mass is 16.5. The van der Waals surface area contributed by atoms with Crippen molar-refractivity contribution in [2.75, 3.05) is 19.0 Å². The first-order valence-electron chi connectivity index (χ1n) is 6.15. The van der Waals surface area contributed by atoms with Gasteiger partial charge in [-0.3, -0.25) is 0 Å². The fourth-order valence-electron chi connectivity index (χ4n) is 1.56. The van der Waals surface area contributed by atoms with Gasteiger partial charge < -0.3 is 14.8 Å². The van der Waals surface area contributed by atoms with E-state index in [1.165, 1.54) is 0 Å². The molecule has 0 fully saturated rings. The lowest BCUT2D eigenvalue weighted by molar-refractivity contribution is 0.0527. The zero-order valence-corrected chi connectivity index (χ0v) is 11.4. The summed E-state index contributed by atoms with van der Waals surface area (Å²) in [5.74, 6) is -0.308. The van der Waals surface area contributed by atoms with Crippen LogP contribution in [0.4, 0.5) is 5.69 Å². The van der Waals surface area contributed by atoms with Crippen molar-refractivity contribution in [2.24, 2.45) is 0 Å². The van der Waals surface area contributed by atoms with Gasteiger partial charge in [-0.1, -0.05) is 12.1 Å². The summed E-state index contributed by atoms with van der Waals surface area (Å²) in [5, 5.41) is 3.27. The minimum Gasteiger partial charge on any atom is -0.462 e. The van der Waals surface area contributed by atoms with E-state index in [4.69, 9.17) is 9.47 Å². The number of ether oxygens (including phenoxy) is 2. The molecule has 0 aliphatic rings. The van der Waals surface area contributed by atoms with Crippen molar-refractivity contribution in [3.8, 4) is 0 Å². The maximum absolute atomic E-state index is 11.8. The molecule has 100 valence electrons. The van der Waals surface area contributed by atoms with Gasteiger partial charge in [0.2, 0.25) is 0 Å². The molecule has 1 rings (SSSR count). The quantitative estimate of drug-likeness (QED) is 0.790. The molecule has 0 saturated heterocycles. The van der Waals surface area contributed by atoms with Crippen LogP contribution in [0, 0.1) is 0 Å². The Bertz CT molecular complexity index is 392. The second-order valence-electron chi connectivity index (χ2n) is 4.14. The van der Waals surface area contributed by atoms with Crippen LogP contribution in [0.25, 0.3) is 0 Å². The summed E-state index contributed by atoms with van der Waals surface area (Å²) < 4.78 is 10.3. The minimum atomic E-state index is -0.308. The molecule has 0 aromatic heterocycles. The molecule has 2 atom stereocenters. The normalized spacial score (nSPS) is 13.8. The van der Waals surface area contributed by atoms with Gasteiger partial charge in [0.25, 0.3) is 0 Å². The zero-order chi connectivity index (χ0) is 13.5. The van der Waals surface area contributed by atoms with Gasteiger partial charge in [-0.25, -0.2) is 4.79 Å². The van der Waals surface area contributed by atoms with Crippen molar-refractivity contribution in [3.63, 3.8) is 0 Å². The maximum atomic E-state index is 11.8. The number of para-hydroxylation sites is 1. The molecule has 0 bridgehead atoms. The third-order valence-corrected chi connectivity index (χ3v) is 2.88. The van der Waals surface area contributed by atoms with Crippen molar-refractivity contribution in [3.05, 3.63) is 29.8 Å². The Labute approximate surface area is 108 Å². The van der Waals surface area contributed by atoms with E-state index in [9.17, 15) is 4.79 Å². The molecule has 1 aromatic rings. The molecule has 0 saturated carbocycles. The number of methoxy groups -OCH3 is 1. The Kier molecular flexibility index (Phi) is 5.65. The average molecular weight is 251 g/mol. The fraction of sp³-hybridized carbons (Fsp3) is 0.500. The summed E-state index contributed by atoms with van der Waals surface area (Å²) in [7, 11) is 1.67. The number of esters is 1. The van der Waals surface area contributed by atoms with Crippen LogP contribution in [0.5, 0.6) is 0 Å². The van der Waals surface area contributed by atoms with E-state index in [2.05, 4.69) is 5.32 Å². The lowest BCUT2D eigenvalue weighted by Gasteiger charge is -2.22. The molecule has 4 heteroatoms. The fourth-order valence-corrected chi connectivity index (χ4v) is 1.56. The van der Waals surface area contributed by atoms with Gasteiger partial charge in [0.1, 0.15) is 0 Å². The number of hydrogen-bond donors (Lipinski definition) is 1. The van der Waals surface area contributed by atoms with E-state index in [-0.39, 0.29) is 18.1 Å². The third-order valence-electron chi connectivity index (χ3n) is 2.88. The third kappa shape index (κ3) is 3.74. The SMILES string of the molecule is CCOC(=O)c1ccccc1NC(C)C(C)OC. The van der Waals surface area contributed by atoms with Gasteiger partial charge >= 0.3 is 5.97 Å². The topological polar surface area (TPSA) is 47.6 Å². The van der Waals surface area contributed by atoms with E-state index < -0.39 is 0 Å². The van der Waals surface area contributed by atoms with Crippen LogP contribution >= 0.6 is 0 Å². The molecule has 4 nitrogen and oxygen atoms in total. The highest BCUT2D eigenvalue weighted by molar-refractivity contribution is 5.95. The molecule has 1 aromatic carbocycles. The lowest BCUT2D eigenvalue weighted by atomic mass is 10.1. The van der Waals surface area contributed by atoms with Crippen LogP contribution in [0.15, 0.2) is 24.3 Å². The Balaban J connectivity index is 2.85. The molecule has 0 aliphatic carbocycles. The van der Waals surface area contributed by atoms with Crippen LogP contribution in [0.1, 0.15) is 31.1 Å². The van der Waals surface area contributed by atoms with E-state index in [0.29, 0.717) is 12.2 Å². The van der Waals surface area contributed by atoms with Crippen molar-refractivity contribution < 1.29 is 14.3 Å². The first-order valence-corrected chi connectivity index (χ1v) is 6.15. The van der Waals surface area contributed by atoms with Crippen molar-refractivity contribution in [1.82, 2.24) is 0 Å². The summed E-state index contributed by atoms with van der Waals surface area (Å²) in [6, 6.07) is 7.43. The van der Waals surface area contributed by atoms with Gasteiger partial charge in [0.05, 0.1) is 18.3 Å². The monoisotopic (exact) mass is 251 g/mol. The number of benzene rings is 1. The molecule has 0 radical (unpaired) electrons. The first kappa shape index (κ1) is 14.5. The van der Waals surface area contributed by atoms with Crippen molar-refractivity contribution in [2.45, 2.75) is 32.9 Å². The second kappa shape index (κ2) is 7.01. The molecule has 0 spiro atoms. The van der Waals surface area contributed by atoms with E-state index in [1.807, 2.05) is 32.0 Å². The largest absolute Gasteiger partial charge is 0.462 e. The first-order chi connectivity index (χ1) is 8.60. The standard InChI is InChI=1S/C14H21NO3/c1-5-18-14(16)12-8-6-7-9-13(12)15-10(2)11(3)17-4/h6-11,15H,5H2,1-4H3. The van der Waals surface area contributed by atoms with Gasteiger partial charge in [-0.15, -0.1) is 0 Å². The molecular formula is C14H21NO3. The highest BCUT2D eigenvalue weighted by Gasteiger charge is 2.16. The Morgan fingerprint density at radius 3 is 2.61 bits per heavy atom. The maximum Gasteiger partial charge on any atom is 0.340 e. The molecule has 2 unspecified atom stereocenters. The summed E-state index contributed by atoms with van der Waals surface area (Å²) in [4.78, 5) is 11.8. The predicted molar refractivity (Wildman–Crippen MR) is 72.0 cm³/mol. The summed E-state index contributed by atoms with van der Waals surface area (Å²) in [6.07, 6.45) is 0.0558. The molecule has 0 amide bonds. The average Bonchev–Trinajstić information content (AvgIpc) is 2.38. The number of rotatable bonds is 6. The molecule has 18 heavy (non-hydrogen) atoms. The predicted octanol–water partition coefficient (Wildman–Crippen LogP) is 2.70. The lowest BCUT2D eigenvalue weighted by Crippen LogP contribution is -2.30. The number of hydrogen-bond acceptors (Lipinski definition) is 4. The van der Waals surface area contributed by atoms with Crippen molar-refractivity contribution >= 4 is 11.7 Å². The summed E-state index contributed by atoms with van der Waals surface area (Å²) in [6.45, 7) is 6.15. The van der Waals surface area contributed by atoms with E-state index in [0.717, 1.165) is 5.69 Å². The summed E-state index contributed by atoms with van der Waals surface area (Å²) in [5.41, 5.74) is 1.32. The Morgan fingerprint density at radius 2 is 2.00 bits per heavy atom. The van der Waals surface area contributed by atoms with Gasteiger partial charge in [-0.2, -0.15) is 0 Å². The smallest absolute Gasteiger partial charge is 0.340 e. The number of anilines is 1. The summed E-state index contributed by atoms with van der Waals surface area (Å²) >= 11 is 0. The van der Waals surface area contributed by atoms with Crippen LogP contribution in [-0.2, 0) is 9.47 Å². The van der Waals surface area contributed by atoms with Gasteiger partial charge in [-0.05, 0) is 32.9 Å². The Morgan fingerprint density at radius 1 is 1.33 bits per heavy atom. The van der Waals surface area contributed by atoms with E-state index >= 15 is 0 Å². The van der Waals surface area contributed by atoms with Gasteiger partial charge in [0, 0.05) is 18.8 Å².